The molecule has 3 aromatic carbocycles. The second-order valence-corrected chi connectivity index (χ2v) is 11.5. The molecule has 9 nitrogen and oxygen atoms in total. The second-order valence-electron chi connectivity index (χ2n) is 9.52. The first-order chi connectivity index (χ1) is 19.9. The summed E-state index contributed by atoms with van der Waals surface area (Å²) in [6, 6.07) is 8.02. The van der Waals surface area contributed by atoms with Crippen LogP contribution in [-0.4, -0.2) is 34.2 Å². The van der Waals surface area contributed by atoms with Gasteiger partial charge in [-0.15, -0.1) is 0 Å². The van der Waals surface area contributed by atoms with Crippen molar-refractivity contribution in [2.75, 3.05) is 10.5 Å². The number of benzene rings is 3. The smallest absolute Gasteiger partial charge is 0.235 e. The molecule has 4 N–H and O–H groups in total. The first-order valence-electron chi connectivity index (χ1n) is 12.3. The zero-order valence-corrected chi connectivity index (χ0v) is 21.9. The van der Waals surface area contributed by atoms with Crippen molar-refractivity contribution in [3.63, 3.8) is 0 Å². The van der Waals surface area contributed by atoms with Crippen LogP contribution < -0.4 is 15.2 Å². The number of hydrogen-bond acceptors (Lipinski definition) is 6. The Morgan fingerprint density at radius 1 is 1.00 bits per heavy atom. The summed E-state index contributed by atoms with van der Waals surface area (Å²) in [6.07, 6.45) is 1.94. The summed E-state index contributed by atoms with van der Waals surface area (Å²) in [5.41, 5.74) is 4.87. The number of anilines is 2. The van der Waals surface area contributed by atoms with Crippen LogP contribution in [0.5, 0.6) is 11.5 Å². The van der Waals surface area contributed by atoms with E-state index in [-0.39, 0.29) is 27.8 Å². The molecule has 0 bridgehead atoms. The number of fused-ring (bicyclic) bond motifs is 1. The number of nitrogens with two attached hydrogens (primary N) is 1. The molecule has 216 valence electrons. The van der Waals surface area contributed by atoms with E-state index in [1.54, 1.807) is 0 Å². The lowest BCUT2D eigenvalue weighted by Gasteiger charge is -2.11. The molecule has 1 fully saturated rings. The summed E-state index contributed by atoms with van der Waals surface area (Å²) in [7, 11) is -3.74. The largest absolute Gasteiger partial charge is 0.454 e. The topological polar surface area (TPSA) is 132 Å². The molecule has 0 atom stereocenters. The van der Waals surface area contributed by atoms with E-state index in [4.69, 9.17) is 10.5 Å². The molecule has 0 saturated heterocycles. The third-order valence-electron chi connectivity index (χ3n) is 6.57. The highest BCUT2D eigenvalue weighted by Crippen LogP contribution is 2.33. The van der Waals surface area contributed by atoms with Gasteiger partial charge in [-0.3, -0.25) is 9.52 Å². The van der Waals surface area contributed by atoms with Crippen molar-refractivity contribution in [2.45, 2.75) is 18.1 Å². The van der Waals surface area contributed by atoms with Crippen LogP contribution >= 0.6 is 0 Å². The van der Waals surface area contributed by atoms with Gasteiger partial charge in [0, 0.05) is 23.0 Å². The lowest BCUT2D eigenvalue weighted by Crippen LogP contribution is -2.18. The molecule has 0 amide bonds. The average Bonchev–Trinajstić information content (AvgIpc) is 3.63. The van der Waals surface area contributed by atoms with Crippen LogP contribution in [0.3, 0.4) is 0 Å². The van der Waals surface area contributed by atoms with E-state index >= 15 is 0 Å². The van der Waals surface area contributed by atoms with Crippen LogP contribution in [-0.2, 0) is 10.0 Å². The number of nitrogens with zero attached hydrogens (tertiary/aromatic N) is 2. The summed E-state index contributed by atoms with van der Waals surface area (Å²) in [5.74, 6) is -8.17. The molecule has 1 aliphatic carbocycles. The number of ether oxygens (including phenoxy) is 1. The Hall–Kier alpha value is -4.92. The third-order valence-corrected chi connectivity index (χ3v) is 8.42. The van der Waals surface area contributed by atoms with E-state index in [9.17, 15) is 35.2 Å². The van der Waals surface area contributed by atoms with Gasteiger partial charge in [0.15, 0.2) is 23.2 Å². The number of nitrogens with one attached hydrogen (secondary N) is 2. The van der Waals surface area contributed by atoms with Crippen LogP contribution in [0, 0.1) is 29.1 Å². The number of H-pyrrole nitrogens is 1. The van der Waals surface area contributed by atoms with E-state index in [0.717, 1.165) is 30.5 Å². The van der Waals surface area contributed by atoms with Gasteiger partial charge in [-0.1, -0.05) is 6.07 Å². The number of ketones is 1. The lowest BCUT2D eigenvalue weighted by molar-refractivity contribution is 0.103. The molecule has 6 rings (SSSR count). The Morgan fingerprint density at radius 2 is 1.71 bits per heavy atom. The molecule has 1 aliphatic rings. The predicted octanol–water partition coefficient (Wildman–Crippen LogP) is 5.56. The van der Waals surface area contributed by atoms with Crippen molar-refractivity contribution in [1.82, 2.24) is 14.8 Å². The number of hydrogen-bond donors (Lipinski definition) is 3. The highest BCUT2D eigenvalue weighted by atomic mass is 32.2. The van der Waals surface area contributed by atoms with Gasteiger partial charge in [-0.25, -0.2) is 30.7 Å². The maximum absolute atomic E-state index is 15.0. The second kappa shape index (κ2) is 9.87. The van der Waals surface area contributed by atoms with Gasteiger partial charge in [0.2, 0.25) is 21.6 Å². The maximum atomic E-state index is 15.0. The summed E-state index contributed by atoms with van der Waals surface area (Å²) in [5, 5.41) is 3.50. The normalized spacial score (nSPS) is 13.5. The van der Waals surface area contributed by atoms with Gasteiger partial charge in [-0.05, 0) is 43.2 Å². The number of aromatic nitrogens is 3. The zero-order chi connectivity index (χ0) is 29.9. The fourth-order valence-corrected chi connectivity index (χ4v) is 5.70. The van der Waals surface area contributed by atoms with Gasteiger partial charge in [-0.2, -0.15) is 9.49 Å². The van der Waals surface area contributed by atoms with Gasteiger partial charge in [0.25, 0.3) is 0 Å². The first-order valence-corrected chi connectivity index (χ1v) is 13.8. The van der Waals surface area contributed by atoms with Gasteiger partial charge in [0.1, 0.15) is 23.1 Å². The number of carbonyl (C=O) groups excluding carboxylic acids is 1. The molecule has 2 aromatic heterocycles. The standard InChI is InChI=1S/C27H18F5N5O4S/c28-16-2-1-3-23(24(16)32)41-13-8-18(30)25(19(31)9-13)37-27(33)15(11-34-37)26(38)22-7-12-6-17(29)21(10-20(12)35-22)36-42(39,40)14-4-5-14/h1-3,6-11,14,35-36H,4-5,33H2. The first kappa shape index (κ1) is 27.3. The van der Waals surface area contributed by atoms with Crippen molar-refractivity contribution in [3.05, 3.63) is 95.1 Å². The van der Waals surface area contributed by atoms with Crippen LogP contribution in [0.25, 0.3) is 16.6 Å². The highest BCUT2D eigenvalue weighted by molar-refractivity contribution is 7.93. The van der Waals surface area contributed by atoms with Crippen molar-refractivity contribution in [3.8, 4) is 17.2 Å². The molecular formula is C27H18F5N5O4S. The highest BCUT2D eigenvalue weighted by Gasteiger charge is 2.36. The summed E-state index contributed by atoms with van der Waals surface area (Å²) in [6.45, 7) is 0. The van der Waals surface area contributed by atoms with E-state index in [2.05, 4.69) is 14.8 Å². The van der Waals surface area contributed by atoms with Gasteiger partial charge < -0.3 is 15.5 Å². The number of sulfonamides is 1. The van der Waals surface area contributed by atoms with Crippen molar-refractivity contribution >= 4 is 38.2 Å². The molecular weight excluding hydrogens is 585 g/mol. The molecule has 0 radical (unpaired) electrons. The molecule has 2 heterocycles. The van der Waals surface area contributed by atoms with E-state index in [1.165, 1.54) is 12.1 Å². The summed E-state index contributed by atoms with van der Waals surface area (Å²) >= 11 is 0. The molecule has 1 saturated carbocycles. The van der Waals surface area contributed by atoms with Crippen LogP contribution in [0.1, 0.15) is 28.9 Å². The Labute approximate surface area is 233 Å². The minimum atomic E-state index is -3.74. The van der Waals surface area contributed by atoms with Crippen molar-refractivity contribution in [1.29, 1.82) is 0 Å². The number of carbonyl (C=O) groups is 1. The Morgan fingerprint density at radius 3 is 2.40 bits per heavy atom. The molecule has 0 aliphatic heterocycles. The monoisotopic (exact) mass is 603 g/mol. The number of halogens is 5. The van der Waals surface area contributed by atoms with E-state index in [0.29, 0.717) is 29.7 Å². The number of nitrogen functional groups attached to an aromatic ring is 1. The predicted molar refractivity (Wildman–Crippen MR) is 142 cm³/mol. The van der Waals surface area contributed by atoms with Crippen molar-refractivity contribution < 1.29 is 39.9 Å². The SMILES string of the molecule is Nc1c(C(=O)c2cc3cc(F)c(NS(=O)(=O)C4CC4)cc3[nH]2)cnn1-c1c(F)cc(Oc2cccc(F)c2F)cc1F. The molecule has 0 spiro atoms. The maximum Gasteiger partial charge on any atom is 0.235 e. The Bertz CT molecular complexity index is 2000. The molecule has 0 unspecified atom stereocenters. The summed E-state index contributed by atoms with van der Waals surface area (Å²) < 4.78 is 104. The minimum absolute atomic E-state index is 0.0836. The number of rotatable bonds is 8. The fourth-order valence-electron chi connectivity index (χ4n) is 4.32. The number of aromatic amines is 1. The van der Waals surface area contributed by atoms with Crippen LogP contribution in [0.2, 0.25) is 0 Å². The fraction of sp³-hybridized carbons (Fsp3) is 0.111. The third kappa shape index (κ3) is 4.81. The van der Waals surface area contributed by atoms with Crippen LogP contribution in [0.4, 0.5) is 33.5 Å². The van der Waals surface area contributed by atoms with Crippen LogP contribution in [0.15, 0.2) is 54.7 Å². The molecule has 42 heavy (non-hydrogen) atoms. The Kier molecular flexibility index (Phi) is 6.40. The zero-order valence-electron chi connectivity index (χ0n) is 21.1. The molecule has 15 heteroatoms. The van der Waals surface area contributed by atoms with E-state index in [1.807, 2.05) is 0 Å². The van der Waals surface area contributed by atoms with Crippen molar-refractivity contribution in [2.24, 2.45) is 0 Å². The quantitative estimate of drug-likeness (QED) is 0.157. The Balaban J connectivity index is 1.29. The van der Waals surface area contributed by atoms with Gasteiger partial charge >= 0.3 is 0 Å². The summed E-state index contributed by atoms with van der Waals surface area (Å²) in [4.78, 5) is 16.0. The molecule has 5 aromatic rings. The van der Waals surface area contributed by atoms with E-state index < -0.39 is 73.1 Å². The minimum Gasteiger partial charge on any atom is -0.454 e. The van der Waals surface area contributed by atoms with Gasteiger partial charge in [0.05, 0.1) is 28.4 Å². The average molecular weight is 604 g/mol. The lowest BCUT2D eigenvalue weighted by atomic mass is 10.1.